The van der Waals surface area contributed by atoms with E-state index in [2.05, 4.69) is 4.98 Å². The molecule has 19 heavy (non-hydrogen) atoms. The highest BCUT2D eigenvalue weighted by atomic mass is 32.2. The van der Waals surface area contributed by atoms with E-state index in [1.165, 1.54) is 36.0 Å². The Labute approximate surface area is 111 Å². The summed E-state index contributed by atoms with van der Waals surface area (Å²) in [5, 5.41) is 9.26. The molecular formula is C12H9FN2O3S. The lowest BCUT2D eigenvalue weighted by atomic mass is 10.3. The van der Waals surface area contributed by atoms with Gasteiger partial charge < -0.3 is 5.11 Å². The van der Waals surface area contributed by atoms with E-state index in [4.69, 9.17) is 5.11 Å². The molecule has 2 aromatic rings. The van der Waals surface area contributed by atoms with Crippen molar-refractivity contribution in [3.63, 3.8) is 0 Å². The lowest BCUT2D eigenvalue weighted by molar-refractivity contribution is 0.0693. The van der Waals surface area contributed by atoms with Crippen LogP contribution < -0.4 is 5.56 Å². The van der Waals surface area contributed by atoms with Gasteiger partial charge in [-0.1, -0.05) is 11.8 Å². The number of halogens is 1. The largest absolute Gasteiger partial charge is 0.477 e. The molecule has 0 saturated carbocycles. The molecule has 0 unspecified atom stereocenters. The van der Waals surface area contributed by atoms with Gasteiger partial charge in [-0.25, -0.2) is 14.2 Å². The quantitative estimate of drug-likeness (QED) is 0.685. The number of nitrogens with zero attached hydrogens (tertiary/aromatic N) is 2. The Kier molecular flexibility index (Phi) is 3.66. The van der Waals surface area contributed by atoms with Crippen LogP contribution in [0.1, 0.15) is 10.4 Å². The number of hydrogen-bond acceptors (Lipinski definition) is 4. The lowest BCUT2D eigenvalue weighted by Crippen LogP contribution is -2.27. The first-order chi connectivity index (χ1) is 9.04. The van der Waals surface area contributed by atoms with Crippen LogP contribution in [0.2, 0.25) is 0 Å². The fraction of sp³-hybridized carbons (Fsp3) is 0.0833. The summed E-state index contributed by atoms with van der Waals surface area (Å²) in [5.74, 6) is -1.79. The molecule has 1 aromatic heterocycles. The zero-order valence-corrected chi connectivity index (χ0v) is 10.6. The van der Waals surface area contributed by atoms with Gasteiger partial charge in [-0.2, -0.15) is 0 Å². The van der Waals surface area contributed by atoms with Gasteiger partial charge in [-0.05, 0) is 30.5 Å². The van der Waals surface area contributed by atoms with Crippen molar-refractivity contribution in [2.24, 2.45) is 0 Å². The minimum Gasteiger partial charge on any atom is -0.477 e. The number of aromatic nitrogens is 2. The van der Waals surface area contributed by atoms with E-state index in [9.17, 15) is 14.0 Å². The Bertz CT molecular complexity index is 682. The van der Waals surface area contributed by atoms with Gasteiger partial charge in [-0.3, -0.25) is 9.36 Å². The Hall–Kier alpha value is -2.15. The van der Waals surface area contributed by atoms with Crippen LogP contribution in [-0.2, 0) is 0 Å². The second kappa shape index (κ2) is 5.23. The van der Waals surface area contributed by atoms with Crippen LogP contribution >= 0.6 is 11.8 Å². The van der Waals surface area contributed by atoms with Crippen molar-refractivity contribution in [2.75, 3.05) is 6.26 Å². The summed E-state index contributed by atoms with van der Waals surface area (Å²) in [6.45, 7) is 0. The SMILES string of the molecule is CSc1ncc(C(=O)O)c(=O)n1-c1ccc(F)cc1. The molecule has 0 fully saturated rings. The highest BCUT2D eigenvalue weighted by molar-refractivity contribution is 7.98. The van der Waals surface area contributed by atoms with Gasteiger partial charge >= 0.3 is 5.97 Å². The number of carboxylic acids is 1. The van der Waals surface area contributed by atoms with Gasteiger partial charge in [0.15, 0.2) is 5.16 Å². The van der Waals surface area contributed by atoms with E-state index in [0.29, 0.717) is 10.8 Å². The number of thioether (sulfide) groups is 1. The van der Waals surface area contributed by atoms with Gasteiger partial charge in [-0.15, -0.1) is 0 Å². The van der Waals surface area contributed by atoms with Crippen LogP contribution in [0, 0.1) is 5.82 Å². The van der Waals surface area contributed by atoms with Crippen molar-refractivity contribution in [1.29, 1.82) is 0 Å². The van der Waals surface area contributed by atoms with Crippen molar-refractivity contribution < 1.29 is 14.3 Å². The van der Waals surface area contributed by atoms with Gasteiger partial charge in [0.1, 0.15) is 11.4 Å². The van der Waals surface area contributed by atoms with E-state index in [1.807, 2.05) is 0 Å². The normalized spacial score (nSPS) is 10.4. The molecule has 7 heteroatoms. The molecule has 2 rings (SSSR count). The smallest absolute Gasteiger partial charge is 0.342 e. The molecule has 0 saturated heterocycles. The minimum absolute atomic E-state index is 0.335. The van der Waals surface area contributed by atoms with Crippen molar-refractivity contribution in [2.45, 2.75) is 5.16 Å². The van der Waals surface area contributed by atoms with Crippen molar-refractivity contribution in [1.82, 2.24) is 9.55 Å². The average Bonchev–Trinajstić information content (AvgIpc) is 2.39. The molecule has 0 bridgehead atoms. The van der Waals surface area contributed by atoms with Crippen LogP contribution in [-0.4, -0.2) is 26.9 Å². The summed E-state index contributed by atoms with van der Waals surface area (Å²) in [5.41, 5.74) is -0.757. The van der Waals surface area contributed by atoms with Crippen LogP contribution in [0.15, 0.2) is 40.4 Å². The molecule has 0 atom stereocenters. The Morgan fingerprint density at radius 3 is 2.53 bits per heavy atom. The fourth-order valence-electron chi connectivity index (χ4n) is 1.55. The second-order valence-corrected chi connectivity index (χ2v) is 4.35. The maximum atomic E-state index is 12.9. The maximum Gasteiger partial charge on any atom is 0.342 e. The third-order valence-electron chi connectivity index (χ3n) is 2.43. The summed E-state index contributed by atoms with van der Waals surface area (Å²) in [7, 11) is 0. The zero-order chi connectivity index (χ0) is 14.0. The van der Waals surface area contributed by atoms with Crippen LogP contribution in [0.25, 0.3) is 5.69 Å². The first kappa shape index (κ1) is 13.3. The van der Waals surface area contributed by atoms with E-state index in [1.54, 1.807) is 6.26 Å². The molecule has 98 valence electrons. The molecule has 1 heterocycles. The molecule has 5 nitrogen and oxygen atoms in total. The summed E-state index contributed by atoms with van der Waals surface area (Å²) >= 11 is 1.19. The zero-order valence-electron chi connectivity index (χ0n) is 9.83. The molecule has 0 aliphatic carbocycles. The Morgan fingerprint density at radius 1 is 1.37 bits per heavy atom. The van der Waals surface area contributed by atoms with Crippen LogP contribution in [0.4, 0.5) is 4.39 Å². The second-order valence-electron chi connectivity index (χ2n) is 3.58. The Morgan fingerprint density at radius 2 is 2.00 bits per heavy atom. The summed E-state index contributed by atoms with van der Waals surface area (Å²) < 4.78 is 14.0. The molecule has 0 aliphatic rings. The van der Waals surface area contributed by atoms with E-state index >= 15 is 0 Å². The highest BCUT2D eigenvalue weighted by Crippen LogP contribution is 2.16. The summed E-state index contributed by atoms with van der Waals surface area (Å²) in [6.07, 6.45) is 2.73. The highest BCUT2D eigenvalue weighted by Gasteiger charge is 2.16. The van der Waals surface area contributed by atoms with E-state index in [-0.39, 0.29) is 0 Å². The van der Waals surface area contributed by atoms with Gasteiger partial charge in [0.25, 0.3) is 5.56 Å². The Balaban J connectivity index is 2.73. The first-order valence-electron chi connectivity index (χ1n) is 5.20. The van der Waals surface area contributed by atoms with Crippen molar-refractivity contribution in [3.05, 3.63) is 52.2 Å². The first-order valence-corrected chi connectivity index (χ1v) is 6.42. The number of carboxylic acid groups (broad SMARTS) is 1. The van der Waals surface area contributed by atoms with Crippen LogP contribution in [0.5, 0.6) is 0 Å². The van der Waals surface area contributed by atoms with Gasteiger partial charge in [0, 0.05) is 0 Å². The summed E-state index contributed by atoms with van der Waals surface area (Å²) in [6, 6.07) is 5.17. The molecule has 0 spiro atoms. The third-order valence-corrected chi connectivity index (χ3v) is 3.08. The van der Waals surface area contributed by atoms with E-state index < -0.39 is 22.9 Å². The summed E-state index contributed by atoms with van der Waals surface area (Å²) in [4.78, 5) is 27.0. The third kappa shape index (κ3) is 2.50. The van der Waals surface area contributed by atoms with E-state index in [0.717, 1.165) is 10.8 Å². The maximum absolute atomic E-state index is 12.9. The monoisotopic (exact) mass is 280 g/mol. The van der Waals surface area contributed by atoms with Gasteiger partial charge in [0.05, 0.1) is 11.9 Å². The van der Waals surface area contributed by atoms with Crippen molar-refractivity contribution in [3.8, 4) is 5.69 Å². The fourth-order valence-corrected chi connectivity index (χ4v) is 2.08. The minimum atomic E-state index is -1.35. The predicted octanol–water partition coefficient (Wildman–Crippen LogP) is 1.79. The molecule has 0 radical (unpaired) electrons. The average molecular weight is 280 g/mol. The number of carbonyl (C=O) groups is 1. The molecule has 0 aliphatic heterocycles. The predicted molar refractivity (Wildman–Crippen MR) is 68.5 cm³/mol. The number of hydrogen-bond donors (Lipinski definition) is 1. The van der Waals surface area contributed by atoms with Crippen LogP contribution in [0.3, 0.4) is 0 Å². The number of aromatic carboxylic acids is 1. The van der Waals surface area contributed by atoms with Crippen molar-refractivity contribution >= 4 is 17.7 Å². The molecule has 1 N–H and O–H groups in total. The number of rotatable bonds is 3. The standard InChI is InChI=1S/C12H9FN2O3S/c1-19-12-14-6-9(11(17)18)10(16)15(12)8-4-2-7(13)3-5-8/h2-6H,1H3,(H,17,18). The molecule has 0 amide bonds. The lowest BCUT2D eigenvalue weighted by Gasteiger charge is -2.10. The number of benzene rings is 1. The molecule has 1 aromatic carbocycles. The molecular weight excluding hydrogens is 271 g/mol. The van der Waals surface area contributed by atoms with Gasteiger partial charge in [0.2, 0.25) is 0 Å². The topological polar surface area (TPSA) is 72.2 Å².